The van der Waals surface area contributed by atoms with Gasteiger partial charge >= 0.3 is 0 Å². The summed E-state index contributed by atoms with van der Waals surface area (Å²) in [6.07, 6.45) is 2.85. The Morgan fingerprint density at radius 3 is 2.91 bits per heavy atom. The molecule has 0 aromatic rings. The van der Waals surface area contributed by atoms with E-state index in [1.807, 2.05) is 5.43 Å². The molecule has 0 fully saturated rings. The summed E-state index contributed by atoms with van der Waals surface area (Å²) in [7, 11) is 0. The minimum Gasteiger partial charge on any atom is -0.308 e. The molecular weight excluding hydrogens is 142 g/mol. The maximum atomic E-state index is 10.6. The fourth-order valence-electron chi connectivity index (χ4n) is 0.624. The smallest absolute Gasteiger partial charge is 0.247 e. The number of carbonyl (C=O) groups is 1. The Balaban J connectivity index is 3.30. The molecule has 1 amide bonds. The van der Waals surface area contributed by atoms with E-state index in [-0.39, 0.29) is 19.0 Å². The molecule has 0 aromatic carbocycles. The normalized spacial score (nSPS) is 13.8. The number of hydrogen-bond donors (Lipinski definition) is 3. The van der Waals surface area contributed by atoms with Crippen molar-refractivity contribution < 1.29 is 6.17 Å². The predicted octanol–water partition coefficient (Wildman–Crippen LogP) is -0.244. The Hall–Kier alpha value is -0.610. The minimum atomic E-state index is -0.359. The van der Waals surface area contributed by atoms with Crippen LogP contribution < -0.4 is 16.6 Å². The molecule has 1 atom stereocenters. The van der Waals surface area contributed by atoms with Gasteiger partial charge in [-0.25, -0.2) is 5.84 Å². The fourth-order valence-corrected chi connectivity index (χ4v) is 0.624. The Morgan fingerprint density at radius 2 is 2.36 bits per heavy atom. The molecule has 4 nitrogen and oxygen atoms in total. The highest BCUT2D eigenvalue weighted by Gasteiger charge is 1.94. The highest BCUT2D eigenvalue weighted by Crippen LogP contribution is 1.90. The first-order chi connectivity index (χ1) is 5.70. The molecule has 1 unspecified atom stereocenters. The first kappa shape index (κ1) is 8.49. The Morgan fingerprint density at radius 1 is 1.64 bits per heavy atom. The highest BCUT2D eigenvalue weighted by atomic mass is 16.2. The van der Waals surface area contributed by atoms with Crippen LogP contribution in [0, 0.1) is 0 Å². The van der Waals surface area contributed by atoms with Crippen LogP contribution in [0.5, 0.6) is 0 Å². The third-order valence-corrected chi connectivity index (χ3v) is 1.27. The third kappa shape index (κ3) is 7.29. The van der Waals surface area contributed by atoms with E-state index in [4.69, 9.17) is 7.21 Å². The molecule has 0 aliphatic rings. The Labute approximate surface area is 68.9 Å². The Kier molecular flexibility index (Phi) is 5.78. The minimum absolute atomic E-state index is 0.119. The average molecular weight is 160 g/mol. The number of carbonyl (C=O) groups excluding carboxylic acids is 1. The second-order valence-electron chi connectivity index (χ2n) is 2.29. The van der Waals surface area contributed by atoms with Crippen molar-refractivity contribution in [2.45, 2.75) is 26.2 Å². The van der Waals surface area contributed by atoms with E-state index in [1.54, 1.807) is 0 Å². The van der Waals surface area contributed by atoms with Crippen LogP contribution in [-0.2, 0) is 4.79 Å². The zero-order valence-corrected chi connectivity index (χ0v) is 6.89. The average Bonchev–Trinajstić information content (AvgIpc) is 2.10. The van der Waals surface area contributed by atoms with E-state index >= 15 is 0 Å². The summed E-state index contributed by atoms with van der Waals surface area (Å²) in [6.45, 7) is 1.83. The molecule has 0 rings (SSSR count). The zero-order chi connectivity index (χ0) is 9.40. The fraction of sp³-hybridized carbons (Fsp3) is 0.857. The summed E-state index contributed by atoms with van der Waals surface area (Å²) in [5.41, 5.74) is 1.99. The van der Waals surface area contributed by atoms with Crippen LogP contribution >= 0.6 is 0 Å². The molecule has 4 N–H and O–H groups in total. The third-order valence-electron chi connectivity index (χ3n) is 1.27. The molecule has 0 saturated carbocycles. The molecule has 0 aliphatic carbocycles. The van der Waals surface area contributed by atoms with E-state index in [0.717, 1.165) is 19.3 Å². The van der Waals surface area contributed by atoms with E-state index in [2.05, 4.69) is 12.2 Å². The van der Waals surface area contributed by atoms with Crippen molar-refractivity contribution in [1.82, 2.24) is 10.7 Å². The molecule has 0 saturated heterocycles. The van der Waals surface area contributed by atoms with Crippen LogP contribution in [0.25, 0.3) is 0 Å². The van der Waals surface area contributed by atoms with Gasteiger partial charge in [0.25, 0.3) is 0 Å². The first-order valence-corrected chi connectivity index (χ1v) is 3.85. The number of nitrogens with two attached hydrogens (primary N) is 1. The van der Waals surface area contributed by atoms with Crippen molar-refractivity contribution in [3.05, 3.63) is 0 Å². The van der Waals surface area contributed by atoms with Crippen molar-refractivity contribution in [3.63, 3.8) is 0 Å². The number of nitrogens with one attached hydrogen (secondary N) is 2. The first-order valence-electron chi connectivity index (χ1n) is 4.43. The van der Waals surface area contributed by atoms with Gasteiger partial charge in [-0.15, -0.1) is 0 Å². The van der Waals surface area contributed by atoms with E-state index < -0.39 is 0 Å². The monoisotopic (exact) mass is 160 g/mol. The second-order valence-corrected chi connectivity index (χ2v) is 2.29. The number of amides is 1. The maximum Gasteiger partial charge on any atom is 0.247 e. The molecular formula is C7H17N3O. The van der Waals surface area contributed by atoms with Gasteiger partial charge in [0.2, 0.25) is 5.91 Å². The van der Waals surface area contributed by atoms with Gasteiger partial charge in [-0.1, -0.05) is 19.8 Å². The molecule has 0 radical (unpaired) electrons. The van der Waals surface area contributed by atoms with Gasteiger partial charge < -0.3 is 5.32 Å². The van der Waals surface area contributed by atoms with Gasteiger partial charge in [-0.2, -0.15) is 0 Å². The summed E-state index contributed by atoms with van der Waals surface area (Å²) in [6, 6.07) is 0. The van der Waals surface area contributed by atoms with Crippen LogP contribution in [-0.4, -0.2) is 19.0 Å². The summed E-state index contributed by atoms with van der Waals surface area (Å²) in [5.74, 6) is 4.57. The molecule has 0 bridgehead atoms. The lowest BCUT2D eigenvalue weighted by Crippen LogP contribution is -2.38. The van der Waals surface area contributed by atoms with Crippen molar-refractivity contribution in [1.29, 1.82) is 0 Å². The lowest BCUT2D eigenvalue weighted by molar-refractivity contribution is -0.120. The highest BCUT2D eigenvalue weighted by molar-refractivity contribution is 5.77. The molecule has 4 heteroatoms. The standard InChI is InChI=1S/C7H17N3O/c1-2-3-4-5-9-6-7(11)10-8/h9H,2-6,8H2,1H3,(H,10,11)/i5D. The molecule has 11 heavy (non-hydrogen) atoms. The lowest BCUT2D eigenvalue weighted by atomic mass is 10.2. The van der Waals surface area contributed by atoms with Gasteiger partial charge in [0.05, 0.1) is 6.54 Å². The number of rotatable bonds is 6. The molecule has 0 aromatic heterocycles. The molecule has 0 aliphatic heterocycles. The van der Waals surface area contributed by atoms with Crippen LogP contribution in [0.2, 0.25) is 0 Å². The van der Waals surface area contributed by atoms with Crippen molar-refractivity contribution >= 4 is 5.91 Å². The van der Waals surface area contributed by atoms with Gasteiger partial charge in [0.1, 0.15) is 0 Å². The summed E-state index contributed by atoms with van der Waals surface area (Å²) in [5, 5.41) is 2.74. The van der Waals surface area contributed by atoms with E-state index in [0.29, 0.717) is 0 Å². The van der Waals surface area contributed by atoms with Crippen LogP contribution in [0.3, 0.4) is 0 Å². The van der Waals surface area contributed by atoms with E-state index in [1.165, 1.54) is 0 Å². The SMILES string of the molecule is [2H]C(CCCC)NCC(=O)NN. The summed E-state index contributed by atoms with van der Waals surface area (Å²) >= 11 is 0. The van der Waals surface area contributed by atoms with Gasteiger partial charge in [-0.3, -0.25) is 10.2 Å². The number of unbranched alkanes of at least 4 members (excludes halogenated alkanes) is 1. The van der Waals surface area contributed by atoms with Crippen molar-refractivity contribution in [2.24, 2.45) is 5.84 Å². The van der Waals surface area contributed by atoms with Gasteiger partial charge in [-0.05, 0) is 12.9 Å². The van der Waals surface area contributed by atoms with Crippen molar-refractivity contribution in [2.75, 3.05) is 13.1 Å². The number of hydrogen-bond acceptors (Lipinski definition) is 3. The van der Waals surface area contributed by atoms with Gasteiger partial charge in [0.15, 0.2) is 0 Å². The topological polar surface area (TPSA) is 67.2 Å². The lowest BCUT2D eigenvalue weighted by Gasteiger charge is -2.01. The summed E-state index contributed by atoms with van der Waals surface area (Å²) < 4.78 is 7.41. The Bertz CT molecular complexity index is 132. The largest absolute Gasteiger partial charge is 0.308 e. The maximum absolute atomic E-state index is 10.6. The predicted molar refractivity (Wildman–Crippen MR) is 44.7 cm³/mol. The molecule has 0 heterocycles. The van der Waals surface area contributed by atoms with Crippen molar-refractivity contribution in [3.8, 4) is 0 Å². The van der Waals surface area contributed by atoms with Crippen LogP contribution in [0.4, 0.5) is 0 Å². The number of hydrazine groups is 1. The van der Waals surface area contributed by atoms with E-state index in [9.17, 15) is 4.79 Å². The molecule has 0 spiro atoms. The second kappa shape index (κ2) is 7.50. The van der Waals surface area contributed by atoms with Crippen LogP contribution in [0.15, 0.2) is 0 Å². The molecule has 66 valence electrons. The van der Waals surface area contributed by atoms with Crippen LogP contribution in [0.1, 0.15) is 27.6 Å². The van der Waals surface area contributed by atoms with Gasteiger partial charge in [0, 0.05) is 1.37 Å². The summed E-state index contributed by atoms with van der Waals surface area (Å²) in [4.78, 5) is 10.6. The quantitative estimate of drug-likeness (QED) is 0.285. The zero-order valence-electron chi connectivity index (χ0n) is 7.89.